The van der Waals surface area contributed by atoms with Crippen molar-refractivity contribution in [2.75, 3.05) is 57.9 Å². The fourth-order valence-electron chi connectivity index (χ4n) is 3.87. The lowest BCUT2D eigenvalue weighted by Crippen LogP contribution is -2.44. The normalized spacial score (nSPS) is 15.8. The molecule has 1 aliphatic heterocycles. The van der Waals surface area contributed by atoms with Gasteiger partial charge in [0.2, 0.25) is 16.0 Å². The molecule has 1 saturated heterocycles. The van der Waals surface area contributed by atoms with E-state index in [1.807, 2.05) is 31.3 Å². The van der Waals surface area contributed by atoms with Gasteiger partial charge in [-0.2, -0.15) is 0 Å². The molecule has 0 unspecified atom stereocenters. The molecule has 3 aromatic rings. The summed E-state index contributed by atoms with van der Waals surface area (Å²) >= 11 is 1.66. The largest absolute Gasteiger partial charge is 0.354 e. The van der Waals surface area contributed by atoms with Crippen LogP contribution in [0.1, 0.15) is 17.5 Å². The molecular formula is C23H32N6O2S2. The van der Waals surface area contributed by atoms with Crippen molar-refractivity contribution < 1.29 is 8.42 Å². The Labute approximate surface area is 200 Å². The Morgan fingerprint density at radius 2 is 1.94 bits per heavy atom. The van der Waals surface area contributed by atoms with Gasteiger partial charge in [-0.25, -0.2) is 23.1 Å². The van der Waals surface area contributed by atoms with Gasteiger partial charge in [-0.05, 0) is 55.6 Å². The summed E-state index contributed by atoms with van der Waals surface area (Å²) in [6.45, 7) is 8.81. The molecule has 8 nitrogen and oxygen atoms in total. The summed E-state index contributed by atoms with van der Waals surface area (Å²) in [6, 6.07) is 8.16. The van der Waals surface area contributed by atoms with E-state index < -0.39 is 10.0 Å². The molecule has 0 radical (unpaired) electrons. The molecule has 0 amide bonds. The number of likely N-dealkylation sites (N-methyl/N-ethyl adjacent to an activating group) is 1. The van der Waals surface area contributed by atoms with Crippen molar-refractivity contribution in [2.24, 2.45) is 0 Å². The number of aromatic nitrogens is 2. The highest BCUT2D eigenvalue weighted by Gasteiger charge is 2.14. The summed E-state index contributed by atoms with van der Waals surface area (Å²) in [7, 11) is -1.04. The number of nitrogens with zero attached hydrogens (tertiary/aromatic N) is 4. The van der Waals surface area contributed by atoms with Crippen molar-refractivity contribution in [2.45, 2.75) is 19.9 Å². The molecule has 3 heterocycles. The average Bonchev–Trinajstić information content (AvgIpc) is 3.20. The Morgan fingerprint density at radius 3 is 2.70 bits per heavy atom. The van der Waals surface area contributed by atoms with Crippen LogP contribution in [0.5, 0.6) is 0 Å². The van der Waals surface area contributed by atoms with Crippen LogP contribution in [0, 0.1) is 6.92 Å². The van der Waals surface area contributed by atoms with Crippen molar-refractivity contribution in [3.05, 3.63) is 41.6 Å². The maximum atomic E-state index is 11.4. The predicted molar refractivity (Wildman–Crippen MR) is 136 cm³/mol. The summed E-state index contributed by atoms with van der Waals surface area (Å²) < 4.78 is 26.4. The Balaban J connectivity index is 1.40. The molecule has 33 heavy (non-hydrogen) atoms. The minimum Gasteiger partial charge on any atom is -0.354 e. The zero-order valence-electron chi connectivity index (χ0n) is 19.5. The third kappa shape index (κ3) is 6.70. The molecule has 2 aromatic heterocycles. The van der Waals surface area contributed by atoms with Crippen LogP contribution in [0.2, 0.25) is 0 Å². The van der Waals surface area contributed by atoms with Crippen LogP contribution in [-0.4, -0.2) is 80.8 Å². The highest BCUT2D eigenvalue weighted by atomic mass is 32.2. The second kappa shape index (κ2) is 10.4. The van der Waals surface area contributed by atoms with Crippen LogP contribution in [-0.2, 0) is 16.6 Å². The van der Waals surface area contributed by atoms with Crippen LogP contribution >= 0.6 is 11.3 Å². The first-order valence-corrected chi connectivity index (χ1v) is 13.9. The first kappa shape index (κ1) is 24.0. The van der Waals surface area contributed by atoms with Crippen molar-refractivity contribution >= 4 is 37.4 Å². The lowest BCUT2D eigenvalue weighted by atomic mass is 10.1. The fraction of sp³-hybridized carbons (Fsp3) is 0.478. The number of benzene rings is 1. The van der Waals surface area contributed by atoms with Gasteiger partial charge >= 0.3 is 0 Å². The first-order chi connectivity index (χ1) is 15.8. The number of hydrogen-bond acceptors (Lipinski definition) is 8. The molecule has 0 saturated carbocycles. The first-order valence-electron chi connectivity index (χ1n) is 11.2. The van der Waals surface area contributed by atoms with Gasteiger partial charge in [0.05, 0.1) is 16.8 Å². The molecule has 0 bridgehead atoms. The average molecular weight is 489 g/mol. The lowest BCUT2D eigenvalue weighted by Gasteiger charge is -2.32. The number of hydrogen-bond donors (Lipinski definition) is 2. The van der Waals surface area contributed by atoms with Crippen LogP contribution in [0.3, 0.4) is 0 Å². The van der Waals surface area contributed by atoms with E-state index in [2.05, 4.69) is 37.9 Å². The van der Waals surface area contributed by atoms with Crippen LogP contribution in [0.15, 0.2) is 30.5 Å². The number of fused-ring (bicyclic) bond motifs is 1. The molecule has 0 aliphatic carbocycles. The predicted octanol–water partition coefficient (Wildman–Crippen LogP) is 2.77. The van der Waals surface area contributed by atoms with Gasteiger partial charge in [-0.3, -0.25) is 0 Å². The van der Waals surface area contributed by atoms with Gasteiger partial charge in [0.25, 0.3) is 0 Å². The van der Waals surface area contributed by atoms with E-state index in [1.54, 1.807) is 11.3 Å². The Kier molecular flexibility index (Phi) is 7.60. The molecule has 0 spiro atoms. The smallest absolute Gasteiger partial charge is 0.223 e. The van der Waals surface area contributed by atoms with Crippen molar-refractivity contribution in [1.82, 2.24) is 24.5 Å². The van der Waals surface area contributed by atoms with E-state index in [9.17, 15) is 8.42 Å². The van der Waals surface area contributed by atoms with Crippen molar-refractivity contribution in [3.8, 4) is 10.6 Å². The quantitative estimate of drug-likeness (QED) is 0.448. The van der Waals surface area contributed by atoms with E-state index in [-0.39, 0.29) is 6.54 Å². The monoisotopic (exact) mass is 488 g/mol. The maximum absolute atomic E-state index is 11.4. The lowest BCUT2D eigenvalue weighted by molar-refractivity contribution is 0.154. The van der Waals surface area contributed by atoms with E-state index in [1.165, 1.54) is 6.26 Å². The fourth-order valence-corrected chi connectivity index (χ4v) is 5.48. The summed E-state index contributed by atoms with van der Waals surface area (Å²) in [5, 5.41) is 4.51. The SMILES string of the molecule is Cc1cnc(NCCCN2CCN(C)CC2)nc1-c1cc2ccc(CNS(C)(=O)=O)cc2s1. The Bertz CT molecular complexity index is 1200. The van der Waals surface area contributed by atoms with Crippen molar-refractivity contribution in [3.63, 3.8) is 0 Å². The third-order valence-electron chi connectivity index (χ3n) is 5.86. The van der Waals surface area contributed by atoms with Gasteiger partial charge in [-0.15, -0.1) is 11.3 Å². The molecule has 0 atom stereocenters. The van der Waals surface area contributed by atoms with Gasteiger partial charge < -0.3 is 15.1 Å². The number of aryl methyl sites for hydroxylation is 1. The number of anilines is 1. The second-order valence-corrected chi connectivity index (χ2v) is 11.6. The van der Waals surface area contributed by atoms with E-state index >= 15 is 0 Å². The molecule has 4 rings (SSSR count). The topological polar surface area (TPSA) is 90.5 Å². The summed E-state index contributed by atoms with van der Waals surface area (Å²) in [6.07, 6.45) is 4.10. The van der Waals surface area contributed by atoms with Crippen molar-refractivity contribution in [1.29, 1.82) is 0 Å². The minimum absolute atomic E-state index is 0.288. The standard InChI is InChI=1S/C23H32N6O2S2/c1-17-15-25-23(24-7-4-8-29-11-9-28(2)10-12-29)27-22(17)21-14-19-6-5-18(13-20(19)32-21)16-26-33(3,30)31/h5-6,13-15,26H,4,7-12,16H2,1-3H3,(H,24,25,27). The summed E-state index contributed by atoms with van der Waals surface area (Å²) in [5.41, 5.74) is 2.90. The summed E-state index contributed by atoms with van der Waals surface area (Å²) in [4.78, 5) is 15.2. The number of nitrogens with one attached hydrogen (secondary N) is 2. The van der Waals surface area contributed by atoms with Gasteiger partial charge in [0.1, 0.15) is 0 Å². The zero-order valence-corrected chi connectivity index (χ0v) is 21.1. The highest BCUT2D eigenvalue weighted by Crippen LogP contribution is 2.34. The van der Waals surface area contributed by atoms with Gasteiger partial charge in [0.15, 0.2) is 0 Å². The number of thiophene rings is 1. The minimum atomic E-state index is -3.22. The number of sulfonamides is 1. The van der Waals surface area contributed by atoms with Gasteiger partial charge in [-0.1, -0.05) is 12.1 Å². The number of rotatable bonds is 9. The molecule has 1 fully saturated rings. The van der Waals surface area contributed by atoms with E-state index in [0.29, 0.717) is 5.95 Å². The maximum Gasteiger partial charge on any atom is 0.223 e. The molecule has 178 valence electrons. The van der Waals surface area contributed by atoms with Gasteiger partial charge in [0, 0.05) is 50.2 Å². The third-order valence-corrected chi connectivity index (χ3v) is 7.63. The molecule has 2 N–H and O–H groups in total. The Morgan fingerprint density at radius 1 is 1.15 bits per heavy atom. The molecule has 1 aromatic carbocycles. The Hall–Kier alpha value is -2.11. The van der Waals surface area contributed by atoms with E-state index in [4.69, 9.17) is 4.98 Å². The molecule has 10 heteroatoms. The number of piperazine rings is 1. The molecule has 1 aliphatic rings. The second-order valence-electron chi connectivity index (χ2n) is 8.73. The summed E-state index contributed by atoms with van der Waals surface area (Å²) in [5.74, 6) is 0.657. The van der Waals surface area contributed by atoms with Crippen LogP contribution < -0.4 is 10.0 Å². The molecular weight excluding hydrogens is 456 g/mol. The highest BCUT2D eigenvalue weighted by molar-refractivity contribution is 7.88. The zero-order chi connectivity index (χ0) is 23.4. The van der Waals surface area contributed by atoms with Crippen LogP contribution in [0.25, 0.3) is 20.7 Å². The van der Waals surface area contributed by atoms with Crippen LogP contribution in [0.4, 0.5) is 5.95 Å². The van der Waals surface area contributed by atoms with E-state index in [0.717, 1.165) is 77.5 Å².